The number of hydrogen-bond donors (Lipinski definition) is 0. The first-order valence-corrected chi connectivity index (χ1v) is 3.62. The van der Waals surface area contributed by atoms with Crippen molar-refractivity contribution in [2.24, 2.45) is 0 Å². The molecule has 0 amide bonds. The van der Waals surface area contributed by atoms with Crippen molar-refractivity contribution in [3.05, 3.63) is 38.8 Å². The second kappa shape index (κ2) is 3.95. The zero-order valence-corrected chi connectivity index (χ0v) is 7.44. The van der Waals surface area contributed by atoms with Crippen LogP contribution in [0.3, 0.4) is 0 Å². The molecule has 0 aliphatic rings. The van der Waals surface area contributed by atoms with Crippen molar-refractivity contribution in [3.63, 3.8) is 0 Å². The fourth-order valence-corrected chi connectivity index (χ4v) is 0.905. The van der Waals surface area contributed by atoms with Crippen LogP contribution in [0.2, 0.25) is 0 Å². The van der Waals surface area contributed by atoms with Crippen LogP contribution in [0, 0.1) is 26.7 Å². The van der Waals surface area contributed by atoms with E-state index in [1.807, 2.05) is 0 Å². The van der Waals surface area contributed by atoms with Crippen LogP contribution in [-0.2, 0) is 4.84 Å². The SMILES string of the molecule is CO[N+](=O)c1cc([N+](=O)[O-])c(F)cc1F. The average molecular weight is 219 g/mol. The van der Waals surface area contributed by atoms with Crippen LogP contribution >= 0.6 is 0 Å². The molecule has 1 aromatic rings. The van der Waals surface area contributed by atoms with Crippen molar-refractivity contribution in [1.82, 2.24) is 0 Å². The molecule has 0 aliphatic carbocycles. The van der Waals surface area contributed by atoms with Crippen LogP contribution in [0.25, 0.3) is 0 Å². The Bertz CT molecular complexity index is 435. The first kappa shape index (κ1) is 11.0. The van der Waals surface area contributed by atoms with Crippen LogP contribution in [0.4, 0.5) is 20.2 Å². The minimum absolute atomic E-state index is 0.247. The quantitative estimate of drug-likeness (QED) is 0.574. The van der Waals surface area contributed by atoms with Crippen LogP contribution in [0.1, 0.15) is 0 Å². The van der Waals surface area contributed by atoms with E-state index in [2.05, 4.69) is 4.84 Å². The van der Waals surface area contributed by atoms with Crippen molar-refractivity contribution in [1.29, 1.82) is 0 Å². The van der Waals surface area contributed by atoms with E-state index in [1.54, 1.807) is 0 Å². The molecule has 0 aromatic heterocycles. The number of halogens is 2. The summed E-state index contributed by atoms with van der Waals surface area (Å²) in [5.41, 5.74) is -1.75. The first-order valence-electron chi connectivity index (χ1n) is 3.62. The van der Waals surface area contributed by atoms with Gasteiger partial charge in [-0.1, -0.05) is 0 Å². The van der Waals surface area contributed by atoms with Gasteiger partial charge in [0.05, 0.1) is 9.83 Å². The standard InChI is InChI=1S/C7H5F2N2O4/c1-15-11(14)7-3-6(10(12)13)4(8)2-5(7)9/h2-3H,1H3/q+1. The van der Waals surface area contributed by atoms with Gasteiger partial charge in [-0.25, -0.2) is 4.84 Å². The van der Waals surface area contributed by atoms with Gasteiger partial charge in [0.2, 0.25) is 11.6 Å². The largest absolute Gasteiger partial charge is 0.359 e. The molecular weight excluding hydrogens is 214 g/mol. The van der Waals surface area contributed by atoms with E-state index in [0.29, 0.717) is 6.07 Å². The Kier molecular flexibility index (Phi) is 2.88. The summed E-state index contributed by atoms with van der Waals surface area (Å²) in [4.78, 5) is 23.8. The van der Waals surface area contributed by atoms with Crippen molar-refractivity contribution in [2.45, 2.75) is 0 Å². The van der Waals surface area contributed by atoms with Crippen LogP contribution < -0.4 is 0 Å². The predicted molar refractivity (Wildman–Crippen MR) is 43.3 cm³/mol. The summed E-state index contributed by atoms with van der Waals surface area (Å²) in [6, 6.07) is 0.707. The average Bonchev–Trinajstić information content (AvgIpc) is 2.16. The number of rotatable bonds is 3. The van der Waals surface area contributed by atoms with Crippen LogP contribution in [0.15, 0.2) is 12.1 Å². The zero-order valence-electron chi connectivity index (χ0n) is 7.44. The maximum atomic E-state index is 12.9. The number of nitro groups is 1. The van der Waals surface area contributed by atoms with Gasteiger partial charge in [0.25, 0.3) is 4.92 Å². The van der Waals surface area contributed by atoms with Gasteiger partial charge in [-0.3, -0.25) is 10.1 Å². The molecule has 0 heterocycles. The minimum Gasteiger partial charge on any atom is -0.258 e. The van der Waals surface area contributed by atoms with E-state index in [9.17, 15) is 23.8 Å². The molecule has 0 N–H and O–H groups in total. The third kappa shape index (κ3) is 2.03. The molecule has 0 unspecified atom stereocenters. The Morgan fingerprint density at radius 1 is 1.20 bits per heavy atom. The lowest BCUT2D eigenvalue weighted by Crippen LogP contribution is -2.03. The maximum absolute atomic E-state index is 12.9. The van der Waals surface area contributed by atoms with E-state index >= 15 is 0 Å². The minimum atomic E-state index is -1.36. The summed E-state index contributed by atoms with van der Waals surface area (Å²) >= 11 is 0. The summed E-state index contributed by atoms with van der Waals surface area (Å²) in [6.07, 6.45) is 0. The number of nitrogens with zero attached hydrogens (tertiary/aromatic N) is 2. The van der Waals surface area contributed by atoms with E-state index < -0.39 is 27.9 Å². The normalized spacial score (nSPS) is 9.80. The van der Waals surface area contributed by atoms with Gasteiger partial charge >= 0.3 is 11.4 Å². The summed E-state index contributed by atoms with van der Waals surface area (Å²) in [6.45, 7) is 0. The third-order valence-corrected chi connectivity index (χ3v) is 1.58. The van der Waals surface area contributed by atoms with E-state index in [4.69, 9.17) is 0 Å². The highest BCUT2D eigenvalue weighted by Crippen LogP contribution is 2.26. The highest BCUT2D eigenvalue weighted by molar-refractivity contribution is 5.44. The Labute approximate surface area is 81.8 Å². The highest BCUT2D eigenvalue weighted by atomic mass is 19.1. The summed E-state index contributed by atoms with van der Waals surface area (Å²) in [5, 5.41) is 10.3. The molecular formula is C7H5F2N2O4+. The molecule has 15 heavy (non-hydrogen) atoms. The molecule has 0 aliphatic heterocycles. The third-order valence-electron chi connectivity index (χ3n) is 1.58. The van der Waals surface area contributed by atoms with Crippen molar-refractivity contribution in [3.8, 4) is 0 Å². The second-order valence-corrected chi connectivity index (χ2v) is 2.45. The fourth-order valence-electron chi connectivity index (χ4n) is 0.905. The number of hydrogen-bond acceptors (Lipinski definition) is 4. The van der Waals surface area contributed by atoms with Gasteiger partial charge in [0, 0.05) is 6.07 Å². The molecule has 6 nitrogen and oxygen atoms in total. The molecule has 0 radical (unpaired) electrons. The molecule has 80 valence electrons. The summed E-state index contributed by atoms with van der Waals surface area (Å²) in [5.74, 6) is -2.60. The monoisotopic (exact) mass is 219 g/mol. The number of nitro benzene ring substituents is 1. The lowest BCUT2D eigenvalue weighted by molar-refractivity contribution is -0.737. The van der Waals surface area contributed by atoms with E-state index in [1.165, 1.54) is 0 Å². The van der Waals surface area contributed by atoms with E-state index in [-0.39, 0.29) is 11.0 Å². The zero-order chi connectivity index (χ0) is 11.6. The van der Waals surface area contributed by atoms with Gasteiger partial charge in [-0.05, 0) is 0 Å². The van der Waals surface area contributed by atoms with Crippen molar-refractivity contribution < 1.29 is 23.5 Å². The fraction of sp³-hybridized carbons (Fsp3) is 0.143. The molecule has 1 aromatic carbocycles. The van der Waals surface area contributed by atoms with Crippen molar-refractivity contribution >= 4 is 11.4 Å². The van der Waals surface area contributed by atoms with E-state index in [0.717, 1.165) is 7.11 Å². The lowest BCUT2D eigenvalue weighted by Gasteiger charge is -1.94. The molecule has 0 spiro atoms. The molecule has 0 atom stereocenters. The second-order valence-electron chi connectivity index (χ2n) is 2.45. The Morgan fingerprint density at radius 3 is 2.20 bits per heavy atom. The Balaban J connectivity index is 3.36. The molecule has 0 fully saturated rings. The van der Waals surface area contributed by atoms with Gasteiger partial charge in [0.1, 0.15) is 6.07 Å². The molecule has 8 heteroatoms. The summed E-state index contributed by atoms with van der Waals surface area (Å²) in [7, 11) is 0.946. The van der Waals surface area contributed by atoms with Gasteiger partial charge in [-0.2, -0.15) is 8.78 Å². The molecule has 0 bridgehead atoms. The number of benzene rings is 1. The van der Waals surface area contributed by atoms with Crippen LogP contribution in [-0.4, -0.2) is 17.0 Å². The summed E-state index contributed by atoms with van der Waals surface area (Å²) < 4.78 is 25.8. The predicted octanol–water partition coefficient (Wildman–Crippen LogP) is 1.84. The van der Waals surface area contributed by atoms with Gasteiger partial charge in [0.15, 0.2) is 7.11 Å². The van der Waals surface area contributed by atoms with Crippen LogP contribution in [0.5, 0.6) is 0 Å². The Hall–Kier alpha value is -2.12. The highest BCUT2D eigenvalue weighted by Gasteiger charge is 2.28. The lowest BCUT2D eigenvalue weighted by atomic mass is 10.2. The smallest absolute Gasteiger partial charge is 0.258 e. The topological polar surface area (TPSA) is 72.5 Å². The molecule has 0 saturated heterocycles. The molecule has 0 saturated carbocycles. The van der Waals surface area contributed by atoms with Crippen molar-refractivity contribution in [2.75, 3.05) is 7.11 Å². The first-order chi connectivity index (χ1) is 6.97. The van der Waals surface area contributed by atoms with Gasteiger partial charge in [-0.15, -0.1) is 0 Å². The van der Waals surface area contributed by atoms with Gasteiger partial charge < -0.3 is 0 Å². The maximum Gasteiger partial charge on any atom is 0.359 e. The Morgan fingerprint density at radius 2 is 1.73 bits per heavy atom. The molecule has 1 rings (SSSR count).